The number of rotatable bonds is 6. The molecule has 0 spiro atoms. The largest absolute Gasteiger partial charge is 0.398 e. The average molecular weight is 491 g/mol. The lowest BCUT2D eigenvalue weighted by Crippen LogP contribution is -2.08. The minimum Gasteiger partial charge on any atom is -0.398 e. The van der Waals surface area contributed by atoms with E-state index < -0.39 is 36.1 Å². The molecule has 0 unspecified atom stereocenters. The Balaban J connectivity index is 1.89. The maximum atomic E-state index is 13.8. The maximum Gasteiger partial charge on any atom is 0.315 e. The number of hydrogen-bond donors (Lipinski definition) is 5. The van der Waals surface area contributed by atoms with Gasteiger partial charge in [-0.05, 0) is 36.4 Å². The first-order chi connectivity index (χ1) is 14.3. The molecule has 0 atom stereocenters. The first kappa shape index (κ1) is 22.6. The van der Waals surface area contributed by atoms with Gasteiger partial charge in [-0.25, -0.2) is 0 Å². The van der Waals surface area contributed by atoms with E-state index >= 15 is 0 Å². The normalized spacial score (nSPS) is 11.9. The van der Waals surface area contributed by atoms with Crippen LogP contribution in [0.2, 0.25) is 5.02 Å². The van der Waals surface area contributed by atoms with Gasteiger partial charge in [0.05, 0.1) is 10.7 Å². The third kappa shape index (κ3) is 5.53. The number of nitrogens with one attached hydrogen (secondary N) is 2. The van der Waals surface area contributed by atoms with Crippen LogP contribution in [0.4, 0.5) is 33.3 Å². The summed E-state index contributed by atoms with van der Waals surface area (Å²) in [5.41, 5.74) is 5.54. The lowest BCUT2D eigenvalue weighted by molar-refractivity contribution is 0.481. The summed E-state index contributed by atoms with van der Waals surface area (Å²) in [6.07, 6.45) is -1.20. The highest BCUT2D eigenvalue weighted by atomic mass is 35.5. The molecule has 164 valence electrons. The van der Waals surface area contributed by atoms with E-state index in [1.807, 2.05) is 0 Å². The second-order valence-corrected chi connectivity index (χ2v) is 9.04. The molecule has 0 saturated carbocycles. The highest BCUT2D eigenvalue weighted by Gasteiger charge is 2.17. The van der Waals surface area contributed by atoms with Crippen molar-refractivity contribution in [3.8, 4) is 0 Å². The van der Waals surface area contributed by atoms with Crippen molar-refractivity contribution >= 4 is 60.8 Å². The van der Waals surface area contributed by atoms with Crippen LogP contribution in [-0.2, 0) is 20.2 Å². The Kier molecular flexibility index (Phi) is 5.97. The van der Waals surface area contributed by atoms with Gasteiger partial charge in [0.2, 0.25) is 11.9 Å². The van der Waals surface area contributed by atoms with Crippen LogP contribution in [0.1, 0.15) is 0 Å². The summed E-state index contributed by atoms with van der Waals surface area (Å²) < 4.78 is 77.2. The van der Waals surface area contributed by atoms with Crippen LogP contribution >= 0.6 is 11.6 Å². The molecule has 0 amide bonds. The fraction of sp³-hybridized carbons (Fsp3) is 0. The summed E-state index contributed by atoms with van der Waals surface area (Å²) in [4.78, 5) is 9.67. The molecule has 1 aromatic heterocycles. The summed E-state index contributed by atoms with van der Waals surface area (Å²) in [6, 6.07) is 6.90. The van der Waals surface area contributed by atoms with E-state index in [2.05, 4.69) is 25.6 Å². The molecule has 31 heavy (non-hydrogen) atoms. The van der Waals surface area contributed by atoms with Crippen LogP contribution in [0.3, 0.4) is 0 Å². The van der Waals surface area contributed by atoms with Gasteiger partial charge in [-0.15, -0.1) is 0 Å². The summed E-state index contributed by atoms with van der Waals surface area (Å²) in [5, 5.41) is 4.88. The van der Waals surface area contributed by atoms with Gasteiger partial charge in [0.15, 0.2) is 0 Å². The van der Waals surface area contributed by atoms with Crippen LogP contribution in [0.25, 0.3) is 0 Å². The molecule has 12 nitrogen and oxygen atoms in total. The highest BCUT2D eigenvalue weighted by Crippen LogP contribution is 2.27. The van der Waals surface area contributed by atoms with Crippen molar-refractivity contribution in [3.63, 3.8) is 0 Å². The fourth-order valence-electron chi connectivity index (χ4n) is 2.36. The van der Waals surface area contributed by atoms with Gasteiger partial charge in [-0.1, -0.05) is 11.6 Å². The molecular weight excluding hydrogens is 479 g/mol. The second-order valence-electron chi connectivity index (χ2n) is 5.85. The number of anilines is 5. The number of halogens is 2. The lowest BCUT2D eigenvalue weighted by Gasteiger charge is -2.10. The zero-order chi connectivity index (χ0) is 23.0. The van der Waals surface area contributed by atoms with Gasteiger partial charge in [0.1, 0.15) is 9.79 Å². The smallest absolute Gasteiger partial charge is 0.315 e. The maximum absolute atomic E-state index is 13.8. The molecule has 1 heterocycles. The zero-order valence-corrected chi connectivity index (χ0v) is 17.4. The van der Waals surface area contributed by atoms with Crippen molar-refractivity contribution in [2.75, 3.05) is 16.4 Å². The van der Waals surface area contributed by atoms with E-state index in [0.29, 0.717) is 0 Å². The van der Waals surface area contributed by atoms with Crippen molar-refractivity contribution in [2.24, 2.45) is 0 Å². The molecule has 0 aliphatic carbocycles. The highest BCUT2D eigenvalue weighted by molar-refractivity contribution is 7.86. The van der Waals surface area contributed by atoms with Crippen LogP contribution in [-0.4, -0.2) is 40.9 Å². The number of nitrogen functional groups attached to an aromatic ring is 1. The van der Waals surface area contributed by atoms with Crippen molar-refractivity contribution in [1.29, 1.82) is 0 Å². The Hall–Kier alpha value is -3.11. The minimum absolute atomic E-state index is 0.0651. The summed E-state index contributed by atoms with van der Waals surface area (Å²) in [7, 11) is -9.13. The van der Waals surface area contributed by atoms with Crippen LogP contribution in [0.15, 0.2) is 46.2 Å². The molecule has 3 rings (SSSR count). The Morgan fingerprint density at radius 1 is 0.839 bits per heavy atom. The standard InChI is InChI=1S/C15H12ClFN6O6S2/c16-9-3-1-8(6-12(9)31(27,28)29)20-15-22-13(17)21-14(23-15)19-7-2-4-11(10(18)5-7)30(24,25)26/h1-6H,18H2,(H,24,25,26)(H,27,28,29)(H2,19,20,21,22,23). The third-order valence-corrected chi connectivity index (χ3v) is 5.88. The first-order valence-corrected chi connectivity index (χ1v) is 11.2. The molecular formula is C15H12ClFN6O6S2. The summed E-state index contributed by atoms with van der Waals surface area (Å²) >= 11 is 5.73. The zero-order valence-electron chi connectivity index (χ0n) is 15.0. The molecule has 16 heteroatoms. The van der Waals surface area contributed by atoms with E-state index in [1.165, 1.54) is 18.2 Å². The van der Waals surface area contributed by atoms with Gasteiger partial charge in [-0.3, -0.25) is 9.11 Å². The van der Waals surface area contributed by atoms with E-state index in [-0.39, 0.29) is 34.0 Å². The number of nitrogens with zero attached hydrogens (tertiary/aromatic N) is 3. The van der Waals surface area contributed by atoms with Crippen LogP contribution in [0, 0.1) is 6.08 Å². The van der Waals surface area contributed by atoms with E-state index in [0.717, 1.165) is 18.2 Å². The topological polar surface area (TPSA) is 197 Å². The Bertz CT molecular complexity index is 1390. The Morgan fingerprint density at radius 3 is 1.87 bits per heavy atom. The van der Waals surface area contributed by atoms with Gasteiger partial charge >= 0.3 is 6.08 Å². The quantitative estimate of drug-likeness (QED) is 0.250. The molecule has 0 aliphatic rings. The molecule has 2 aromatic carbocycles. The number of benzene rings is 2. The summed E-state index contributed by atoms with van der Waals surface area (Å²) in [6.45, 7) is 0. The number of nitrogens with two attached hydrogens (primary N) is 1. The van der Waals surface area contributed by atoms with Gasteiger partial charge < -0.3 is 16.4 Å². The Labute approximate surface area is 179 Å². The molecule has 6 N–H and O–H groups in total. The average Bonchev–Trinajstić information content (AvgIpc) is 2.61. The monoisotopic (exact) mass is 490 g/mol. The molecule has 0 fully saturated rings. The molecule has 0 bridgehead atoms. The van der Waals surface area contributed by atoms with E-state index in [9.17, 15) is 25.8 Å². The molecule has 0 saturated heterocycles. The molecule has 0 aliphatic heterocycles. The van der Waals surface area contributed by atoms with Crippen molar-refractivity contribution in [1.82, 2.24) is 15.0 Å². The number of aromatic nitrogens is 3. The van der Waals surface area contributed by atoms with Gasteiger partial charge in [0.25, 0.3) is 20.2 Å². The fourth-order valence-corrected chi connectivity index (χ4v) is 3.96. The van der Waals surface area contributed by atoms with Crippen LogP contribution in [0.5, 0.6) is 0 Å². The Morgan fingerprint density at radius 2 is 1.35 bits per heavy atom. The molecule has 3 aromatic rings. The van der Waals surface area contributed by atoms with E-state index in [4.69, 9.17) is 21.9 Å². The minimum atomic E-state index is -4.61. The number of hydrogen-bond acceptors (Lipinski definition) is 10. The second kappa shape index (κ2) is 8.20. The summed E-state index contributed by atoms with van der Waals surface area (Å²) in [5.74, 6) is -0.640. The predicted molar refractivity (Wildman–Crippen MR) is 108 cm³/mol. The predicted octanol–water partition coefficient (Wildman–Crippen LogP) is 2.23. The SMILES string of the molecule is Nc1cc(Nc2nc(F)nc(Nc3ccc(Cl)c(S(=O)(=O)O)c3)n2)ccc1S(=O)(=O)O. The van der Waals surface area contributed by atoms with E-state index in [1.54, 1.807) is 0 Å². The third-order valence-electron chi connectivity index (χ3n) is 3.62. The van der Waals surface area contributed by atoms with Crippen LogP contribution < -0.4 is 16.4 Å². The van der Waals surface area contributed by atoms with Crippen molar-refractivity contribution < 1.29 is 30.3 Å². The van der Waals surface area contributed by atoms with Gasteiger partial charge in [-0.2, -0.15) is 36.2 Å². The van der Waals surface area contributed by atoms with Crippen molar-refractivity contribution in [2.45, 2.75) is 9.79 Å². The first-order valence-electron chi connectivity index (χ1n) is 7.92. The lowest BCUT2D eigenvalue weighted by atomic mass is 10.3. The van der Waals surface area contributed by atoms with Crippen molar-refractivity contribution in [3.05, 3.63) is 47.5 Å². The van der Waals surface area contributed by atoms with Gasteiger partial charge in [0, 0.05) is 11.4 Å². The molecule has 0 radical (unpaired) electrons.